The number of nitrogens with two attached hydrogens (primary N) is 2. The summed E-state index contributed by atoms with van der Waals surface area (Å²) in [5, 5.41) is 5.00. The number of nitrogen functional groups attached to an aromatic ring is 2. The Morgan fingerprint density at radius 2 is 1.72 bits per heavy atom. The van der Waals surface area contributed by atoms with E-state index in [1.54, 1.807) is 29.5 Å². The second kappa shape index (κ2) is 3.66. The van der Waals surface area contributed by atoms with Gasteiger partial charge in [0.1, 0.15) is 5.82 Å². The number of nitrogens with zero attached hydrogens (tertiary/aromatic N) is 5. The fourth-order valence-corrected chi connectivity index (χ4v) is 1.90. The van der Waals surface area contributed by atoms with E-state index in [-0.39, 0.29) is 5.95 Å². The number of hydrogen-bond donors (Lipinski definition) is 2. The molecule has 0 aliphatic rings. The van der Waals surface area contributed by atoms with E-state index in [0.717, 1.165) is 22.0 Å². The second-order valence-electron chi connectivity index (χ2n) is 3.92. The first-order valence-electron chi connectivity index (χ1n) is 5.31. The molecule has 0 aliphatic heterocycles. The molecular weight excluding hydrogens is 230 g/mol. The molecule has 0 aliphatic carbocycles. The topological polar surface area (TPSA) is 109 Å². The average Bonchev–Trinajstić information content (AvgIpc) is 2.75. The lowest BCUT2D eigenvalue weighted by Gasteiger charge is -2.05. The van der Waals surface area contributed by atoms with Crippen molar-refractivity contribution in [2.24, 2.45) is 7.05 Å². The van der Waals surface area contributed by atoms with Crippen molar-refractivity contribution in [3.63, 3.8) is 0 Å². The minimum atomic E-state index is 0.239. The Bertz CT molecular complexity index is 714. The van der Waals surface area contributed by atoms with Gasteiger partial charge in [0.2, 0.25) is 5.95 Å². The molecule has 0 bridgehead atoms. The van der Waals surface area contributed by atoms with Crippen LogP contribution in [-0.4, -0.2) is 24.7 Å². The predicted octanol–water partition coefficient (Wildman–Crippen LogP) is 0.590. The summed E-state index contributed by atoms with van der Waals surface area (Å²) in [5.74, 6) is 0.696. The molecule has 0 saturated carbocycles. The quantitative estimate of drug-likeness (QED) is 0.645. The van der Waals surface area contributed by atoms with Gasteiger partial charge in [0.05, 0.1) is 17.1 Å². The molecule has 4 N–H and O–H groups in total. The van der Waals surface area contributed by atoms with E-state index in [2.05, 4.69) is 20.1 Å². The maximum Gasteiger partial charge on any atom is 0.219 e. The molecule has 0 aromatic carbocycles. The van der Waals surface area contributed by atoms with Gasteiger partial charge in [-0.05, 0) is 0 Å². The fraction of sp³-hybridized carbons (Fsp3) is 0.0909. The van der Waals surface area contributed by atoms with Gasteiger partial charge in [-0.25, -0.2) is 15.0 Å². The van der Waals surface area contributed by atoms with Crippen LogP contribution in [0.3, 0.4) is 0 Å². The zero-order chi connectivity index (χ0) is 12.7. The van der Waals surface area contributed by atoms with Crippen molar-refractivity contribution in [1.82, 2.24) is 24.7 Å². The monoisotopic (exact) mass is 241 g/mol. The van der Waals surface area contributed by atoms with Gasteiger partial charge in [-0.1, -0.05) is 0 Å². The molecule has 0 fully saturated rings. The van der Waals surface area contributed by atoms with Gasteiger partial charge in [-0.3, -0.25) is 4.68 Å². The van der Waals surface area contributed by atoms with Crippen LogP contribution < -0.4 is 11.5 Å². The molecule has 3 aromatic rings. The highest BCUT2D eigenvalue weighted by atomic mass is 15.3. The number of hydrogen-bond acceptors (Lipinski definition) is 6. The Kier molecular flexibility index (Phi) is 2.12. The van der Waals surface area contributed by atoms with E-state index in [9.17, 15) is 0 Å². The van der Waals surface area contributed by atoms with E-state index in [1.165, 1.54) is 0 Å². The summed E-state index contributed by atoms with van der Waals surface area (Å²) < 4.78 is 1.75. The van der Waals surface area contributed by atoms with Gasteiger partial charge in [-0.15, -0.1) is 0 Å². The highest BCUT2D eigenvalue weighted by Crippen LogP contribution is 2.29. The van der Waals surface area contributed by atoms with Gasteiger partial charge in [0, 0.05) is 36.8 Å². The van der Waals surface area contributed by atoms with Crippen LogP contribution in [0, 0.1) is 0 Å². The minimum Gasteiger partial charge on any atom is -0.383 e. The highest BCUT2D eigenvalue weighted by Gasteiger charge is 2.12. The maximum atomic E-state index is 5.82. The van der Waals surface area contributed by atoms with E-state index in [0.29, 0.717) is 5.82 Å². The third-order valence-corrected chi connectivity index (χ3v) is 2.79. The molecule has 18 heavy (non-hydrogen) atoms. The molecule has 0 saturated heterocycles. The van der Waals surface area contributed by atoms with Gasteiger partial charge >= 0.3 is 0 Å². The molecule has 0 unspecified atom stereocenters. The second-order valence-corrected chi connectivity index (χ2v) is 3.92. The summed E-state index contributed by atoms with van der Waals surface area (Å²) in [6.07, 6.45) is 6.69. The van der Waals surface area contributed by atoms with E-state index in [4.69, 9.17) is 11.5 Å². The Labute approximate surface area is 102 Å². The largest absolute Gasteiger partial charge is 0.383 e. The van der Waals surface area contributed by atoms with Crippen LogP contribution in [0.1, 0.15) is 0 Å². The van der Waals surface area contributed by atoms with Gasteiger partial charge in [0.25, 0.3) is 0 Å². The minimum absolute atomic E-state index is 0.239. The van der Waals surface area contributed by atoms with E-state index >= 15 is 0 Å². The summed E-state index contributed by atoms with van der Waals surface area (Å²) in [6.45, 7) is 0. The fourth-order valence-electron chi connectivity index (χ4n) is 1.90. The van der Waals surface area contributed by atoms with Gasteiger partial charge < -0.3 is 11.5 Å². The summed E-state index contributed by atoms with van der Waals surface area (Å²) in [5.41, 5.74) is 13.9. The number of pyridine rings is 1. The van der Waals surface area contributed by atoms with Crippen LogP contribution >= 0.6 is 0 Å². The lowest BCUT2D eigenvalue weighted by atomic mass is 10.1. The van der Waals surface area contributed by atoms with Crippen molar-refractivity contribution in [3.05, 3.63) is 24.8 Å². The highest BCUT2D eigenvalue weighted by molar-refractivity contribution is 5.98. The molecule has 0 atom stereocenters. The van der Waals surface area contributed by atoms with Crippen molar-refractivity contribution in [2.75, 3.05) is 11.5 Å². The van der Waals surface area contributed by atoms with Crippen molar-refractivity contribution >= 4 is 22.7 Å². The van der Waals surface area contributed by atoms with Gasteiger partial charge in [-0.2, -0.15) is 5.10 Å². The number of fused-ring (bicyclic) bond motifs is 1. The maximum absolute atomic E-state index is 5.82. The SMILES string of the molecule is Cn1ncc2c(N)ncc(-c3cnc(N)nc3)c21. The lowest BCUT2D eigenvalue weighted by molar-refractivity contribution is 0.797. The predicted molar refractivity (Wildman–Crippen MR) is 68.4 cm³/mol. The third-order valence-electron chi connectivity index (χ3n) is 2.79. The Balaban J connectivity index is 2.32. The molecule has 7 nitrogen and oxygen atoms in total. The van der Waals surface area contributed by atoms with E-state index in [1.807, 2.05) is 7.05 Å². The zero-order valence-corrected chi connectivity index (χ0v) is 9.70. The molecule has 0 amide bonds. The van der Waals surface area contributed by atoms with Crippen LogP contribution in [0.2, 0.25) is 0 Å². The number of aromatic nitrogens is 5. The summed E-state index contributed by atoms with van der Waals surface area (Å²) in [7, 11) is 1.85. The average molecular weight is 241 g/mol. The standard InChI is InChI=1S/C11H11N7/c1-18-9-7(6-2-15-11(13)16-3-6)4-14-10(12)8(9)5-17-18/h2-5H,1H3,(H2,12,14)(H2,13,15,16). The third kappa shape index (κ3) is 1.45. The Morgan fingerprint density at radius 1 is 1.00 bits per heavy atom. The molecule has 0 radical (unpaired) electrons. The molecule has 3 aromatic heterocycles. The first-order chi connectivity index (χ1) is 8.66. The molecular formula is C11H11N7. The van der Waals surface area contributed by atoms with Crippen molar-refractivity contribution < 1.29 is 0 Å². The van der Waals surface area contributed by atoms with Gasteiger partial charge in [0.15, 0.2) is 0 Å². The number of rotatable bonds is 1. The zero-order valence-electron chi connectivity index (χ0n) is 9.70. The van der Waals surface area contributed by atoms with Crippen molar-refractivity contribution in [1.29, 1.82) is 0 Å². The summed E-state index contributed by atoms with van der Waals surface area (Å²) in [6, 6.07) is 0. The summed E-state index contributed by atoms with van der Waals surface area (Å²) >= 11 is 0. The van der Waals surface area contributed by atoms with Crippen molar-refractivity contribution in [2.45, 2.75) is 0 Å². The van der Waals surface area contributed by atoms with Crippen LogP contribution in [0.4, 0.5) is 11.8 Å². The number of aryl methyl sites for hydroxylation is 1. The van der Waals surface area contributed by atoms with Crippen molar-refractivity contribution in [3.8, 4) is 11.1 Å². The smallest absolute Gasteiger partial charge is 0.219 e. The van der Waals surface area contributed by atoms with E-state index < -0.39 is 0 Å². The van der Waals surface area contributed by atoms with Crippen LogP contribution in [0.5, 0.6) is 0 Å². The lowest BCUT2D eigenvalue weighted by Crippen LogP contribution is -1.98. The molecule has 3 heterocycles. The first kappa shape index (κ1) is 10.5. The molecule has 0 spiro atoms. The number of anilines is 2. The van der Waals surface area contributed by atoms with Crippen LogP contribution in [-0.2, 0) is 7.05 Å². The molecule has 7 heteroatoms. The molecule has 3 rings (SSSR count). The Hall–Kier alpha value is -2.70. The normalized spacial score (nSPS) is 10.9. The first-order valence-corrected chi connectivity index (χ1v) is 5.31. The molecule has 90 valence electrons. The van der Waals surface area contributed by atoms with Crippen LogP contribution in [0.15, 0.2) is 24.8 Å². The van der Waals surface area contributed by atoms with Crippen LogP contribution in [0.25, 0.3) is 22.0 Å². The Morgan fingerprint density at radius 3 is 2.44 bits per heavy atom. The summed E-state index contributed by atoms with van der Waals surface area (Å²) in [4.78, 5) is 12.1.